The van der Waals surface area contributed by atoms with Crippen LogP contribution in [-0.2, 0) is 4.79 Å². The molecule has 13 heavy (non-hydrogen) atoms. The van der Waals surface area contributed by atoms with E-state index in [4.69, 9.17) is 0 Å². The van der Waals surface area contributed by atoms with Gasteiger partial charge in [-0.05, 0) is 18.6 Å². The molecule has 0 spiro atoms. The van der Waals surface area contributed by atoms with Crippen molar-refractivity contribution in [3.8, 4) is 0 Å². The van der Waals surface area contributed by atoms with Crippen LogP contribution in [-0.4, -0.2) is 17.9 Å². The molecule has 1 aliphatic rings. The number of amides is 1. The molecular formula is C10H13NO2. The molecule has 1 aromatic carbocycles. The largest absolute Gasteiger partial charge is 0.412 e. The van der Waals surface area contributed by atoms with Crippen molar-refractivity contribution < 1.29 is 10.3 Å². The standard InChI is InChI=1S/C10H11NO.H2O/c12-10-7-4-8-11(10)9-5-2-1-3-6-9;/h1-3,5-6H,4,7-8H2;1H2. The maximum Gasteiger partial charge on any atom is 0.227 e. The normalized spacial score (nSPS) is 15.7. The number of carbonyl (C=O) groups is 1. The molecule has 0 saturated carbocycles. The van der Waals surface area contributed by atoms with Gasteiger partial charge in [-0.2, -0.15) is 0 Å². The zero-order valence-electron chi connectivity index (χ0n) is 7.36. The Bertz CT molecular complexity index is 284. The Balaban J connectivity index is 0.000000845. The molecule has 1 fully saturated rings. The zero-order valence-corrected chi connectivity index (χ0v) is 7.36. The van der Waals surface area contributed by atoms with Crippen LogP contribution in [0.5, 0.6) is 0 Å². The number of benzene rings is 1. The number of carbonyl (C=O) groups excluding carboxylic acids is 1. The summed E-state index contributed by atoms with van der Waals surface area (Å²) in [5, 5.41) is 0. The molecule has 1 amide bonds. The predicted molar refractivity (Wildman–Crippen MR) is 51.6 cm³/mol. The van der Waals surface area contributed by atoms with Crippen molar-refractivity contribution in [3.05, 3.63) is 30.3 Å². The Morgan fingerprint density at radius 1 is 1.15 bits per heavy atom. The van der Waals surface area contributed by atoms with E-state index in [-0.39, 0.29) is 11.4 Å². The highest BCUT2D eigenvalue weighted by atomic mass is 16.2. The Morgan fingerprint density at radius 2 is 1.85 bits per heavy atom. The molecule has 0 radical (unpaired) electrons. The fourth-order valence-corrected chi connectivity index (χ4v) is 1.53. The number of hydrogen-bond donors (Lipinski definition) is 0. The topological polar surface area (TPSA) is 51.8 Å². The Labute approximate surface area is 77.3 Å². The second-order valence-corrected chi connectivity index (χ2v) is 2.98. The van der Waals surface area contributed by atoms with Gasteiger partial charge in [0.2, 0.25) is 5.91 Å². The highest BCUT2D eigenvalue weighted by Gasteiger charge is 2.20. The highest BCUT2D eigenvalue weighted by molar-refractivity contribution is 5.95. The van der Waals surface area contributed by atoms with E-state index in [0.29, 0.717) is 6.42 Å². The van der Waals surface area contributed by atoms with Crippen molar-refractivity contribution >= 4 is 11.6 Å². The van der Waals surface area contributed by atoms with E-state index in [1.54, 1.807) is 0 Å². The van der Waals surface area contributed by atoms with Gasteiger partial charge < -0.3 is 10.4 Å². The van der Waals surface area contributed by atoms with Crippen molar-refractivity contribution in [1.82, 2.24) is 0 Å². The van der Waals surface area contributed by atoms with Crippen LogP contribution in [0.1, 0.15) is 12.8 Å². The molecule has 1 heterocycles. The van der Waals surface area contributed by atoms with Crippen molar-refractivity contribution in [2.75, 3.05) is 11.4 Å². The van der Waals surface area contributed by atoms with Gasteiger partial charge in [0.25, 0.3) is 0 Å². The number of para-hydroxylation sites is 1. The molecule has 3 nitrogen and oxygen atoms in total. The smallest absolute Gasteiger partial charge is 0.227 e. The van der Waals surface area contributed by atoms with Gasteiger partial charge in [0.05, 0.1) is 0 Å². The van der Waals surface area contributed by atoms with E-state index in [1.807, 2.05) is 35.2 Å². The van der Waals surface area contributed by atoms with Crippen LogP contribution in [0.25, 0.3) is 0 Å². The van der Waals surface area contributed by atoms with Crippen LogP contribution < -0.4 is 4.90 Å². The van der Waals surface area contributed by atoms with Crippen LogP contribution in [0.4, 0.5) is 5.69 Å². The molecule has 0 aromatic heterocycles. The Kier molecular flexibility index (Phi) is 3.03. The van der Waals surface area contributed by atoms with Gasteiger partial charge >= 0.3 is 0 Å². The summed E-state index contributed by atoms with van der Waals surface area (Å²) < 4.78 is 0. The summed E-state index contributed by atoms with van der Waals surface area (Å²) in [5.74, 6) is 0.251. The molecule has 2 N–H and O–H groups in total. The first-order chi connectivity index (χ1) is 5.88. The van der Waals surface area contributed by atoms with E-state index >= 15 is 0 Å². The molecule has 1 aliphatic heterocycles. The number of rotatable bonds is 1. The van der Waals surface area contributed by atoms with E-state index < -0.39 is 0 Å². The zero-order chi connectivity index (χ0) is 8.39. The fraction of sp³-hybridized carbons (Fsp3) is 0.300. The lowest BCUT2D eigenvalue weighted by Gasteiger charge is -2.14. The quantitative estimate of drug-likeness (QED) is 0.634. The summed E-state index contributed by atoms with van der Waals surface area (Å²) in [5.41, 5.74) is 1.03. The van der Waals surface area contributed by atoms with Gasteiger partial charge in [-0.1, -0.05) is 18.2 Å². The molecule has 3 heteroatoms. The predicted octanol–water partition coefficient (Wildman–Crippen LogP) is 0.989. The average Bonchev–Trinajstić information content (AvgIpc) is 2.53. The van der Waals surface area contributed by atoms with Crippen molar-refractivity contribution in [2.45, 2.75) is 12.8 Å². The van der Waals surface area contributed by atoms with Gasteiger partial charge in [0, 0.05) is 18.7 Å². The maximum atomic E-state index is 11.3. The third kappa shape index (κ3) is 1.87. The lowest BCUT2D eigenvalue weighted by atomic mass is 10.3. The Hall–Kier alpha value is -1.35. The maximum absolute atomic E-state index is 11.3. The molecule has 1 saturated heterocycles. The first kappa shape index (κ1) is 9.74. The third-order valence-electron chi connectivity index (χ3n) is 2.14. The van der Waals surface area contributed by atoms with E-state index in [0.717, 1.165) is 18.7 Å². The minimum Gasteiger partial charge on any atom is -0.412 e. The van der Waals surface area contributed by atoms with Gasteiger partial charge in [-0.15, -0.1) is 0 Å². The molecule has 1 aromatic rings. The fourth-order valence-electron chi connectivity index (χ4n) is 1.53. The number of hydrogen-bond acceptors (Lipinski definition) is 1. The van der Waals surface area contributed by atoms with Crippen LogP contribution in [0, 0.1) is 0 Å². The van der Waals surface area contributed by atoms with Crippen molar-refractivity contribution in [1.29, 1.82) is 0 Å². The van der Waals surface area contributed by atoms with Gasteiger partial charge in [-0.3, -0.25) is 4.79 Å². The van der Waals surface area contributed by atoms with Gasteiger partial charge in [-0.25, -0.2) is 0 Å². The molecule has 70 valence electrons. The summed E-state index contributed by atoms with van der Waals surface area (Å²) >= 11 is 0. The second-order valence-electron chi connectivity index (χ2n) is 2.98. The first-order valence-corrected chi connectivity index (χ1v) is 4.23. The second kappa shape index (κ2) is 4.05. The summed E-state index contributed by atoms with van der Waals surface area (Å²) in [6.07, 6.45) is 1.70. The van der Waals surface area contributed by atoms with E-state index in [1.165, 1.54) is 0 Å². The summed E-state index contributed by atoms with van der Waals surface area (Å²) in [6.45, 7) is 0.878. The van der Waals surface area contributed by atoms with Crippen LogP contribution in [0.2, 0.25) is 0 Å². The summed E-state index contributed by atoms with van der Waals surface area (Å²) in [6, 6.07) is 9.83. The molecule has 0 unspecified atom stereocenters. The summed E-state index contributed by atoms with van der Waals surface area (Å²) in [4.78, 5) is 13.1. The minimum atomic E-state index is 0. The Morgan fingerprint density at radius 3 is 2.38 bits per heavy atom. The minimum absolute atomic E-state index is 0. The molecule has 0 aliphatic carbocycles. The summed E-state index contributed by atoms with van der Waals surface area (Å²) in [7, 11) is 0. The molecule has 0 atom stereocenters. The third-order valence-corrected chi connectivity index (χ3v) is 2.14. The van der Waals surface area contributed by atoms with E-state index in [2.05, 4.69) is 0 Å². The highest BCUT2D eigenvalue weighted by Crippen LogP contribution is 2.19. The van der Waals surface area contributed by atoms with Crippen LogP contribution in [0.15, 0.2) is 30.3 Å². The van der Waals surface area contributed by atoms with Crippen molar-refractivity contribution in [3.63, 3.8) is 0 Å². The lowest BCUT2D eigenvalue weighted by Crippen LogP contribution is -2.23. The SMILES string of the molecule is O.O=C1CCCN1c1ccccc1. The number of nitrogens with zero attached hydrogens (tertiary/aromatic N) is 1. The molecule has 0 bridgehead atoms. The van der Waals surface area contributed by atoms with Crippen LogP contribution >= 0.6 is 0 Å². The van der Waals surface area contributed by atoms with Gasteiger partial charge in [0.15, 0.2) is 0 Å². The molecule has 2 rings (SSSR count). The average molecular weight is 179 g/mol. The lowest BCUT2D eigenvalue weighted by molar-refractivity contribution is -0.117. The van der Waals surface area contributed by atoms with Crippen LogP contribution in [0.3, 0.4) is 0 Å². The monoisotopic (exact) mass is 179 g/mol. The number of anilines is 1. The van der Waals surface area contributed by atoms with Gasteiger partial charge in [0.1, 0.15) is 0 Å². The van der Waals surface area contributed by atoms with Crippen molar-refractivity contribution in [2.24, 2.45) is 0 Å². The molecular weight excluding hydrogens is 166 g/mol. The first-order valence-electron chi connectivity index (χ1n) is 4.23. The van der Waals surface area contributed by atoms with E-state index in [9.17, 15) is 4.79 Å².